The maximum absolute atomic E-state index is 11.9. The summed E-state index contributed by atoms with van der Waals surface area (Å²) in [6, 6.07) is 13.0. The Morgan fingerprint density at radius 1 is 1.16 bits per heavy atom. The minimum absolute atomic E-state index is 0.146. The number of amides is 1. The van der Waals surface area contributed by atoms with Gasteiger partial charge in [-0.05, 0) is 29.8 Å². The third-order valence-corrected chi connectivity index (χ3v) is 5.42. The van der Waals surface area contributed by atoms with Crippen molar-refractivity contribution >= 4 is 23.5 Å². The van der Waals surface area contributed by atoms with Crippen molar-refractivity contribution in [1.29, 1.82) is 10.5 Å². The van der Waals surface area contributed by atoms with Crippen LogP contribution in [-0.2, 0) is 5.75 Å². The molecule has 3 aromatic heterocycles. The van der Waals surface area contributed by atoms with E-state index in [2.05, 4.69) is 37.7 Å². The van der Waals surface area contributed by atoms with Gasteiger partial charge in [0, 0.05) is 37.3 Å². The molecule has 0 radical (unpaired) electrons. The van der Waals surface area contributed by atoms with E-state index in [0.29, 0.717) is 27.7 Å². The van der Waals surface area contributed by atoms with Crippen molar-refractivity contribution in [2.24, 2.45) is 0 Å². The molecule has 3 heterocycles. The first-order valence-electron chi connectivity index (χ1n) is 9.57. The van der Waals surface area contributed by atoms with Gasteiger partial charge in [-0.2, -0.15) is 10.5 Å². The van der Waals surface area contributed by atoms with E-state index in [4.69, 9.17) is 0 Å². The van der Waals surface area contributed by atoms with Crippen molar-refractivity contribution < 1.29 is 9.90 Å². The van der Waals surface area contributed by atoms with Gasteiger partial charge in [0.25, 0.3) is 5.91 Å². The van der Waals surface area contributed by atoms with E-state index in [0.717, 1.165) is 5.56 Å². The van der Waals surface area contributed by atoms with E-state index in [9.17, 15) is 20.4 Å². The first-order valence-corrected chi connectivity index (χ1v) is 10.6. The van der Waals surface area contributed by atoms with Crippen LogP contribution < -0.4 is 10.6 Å². The highest BCUT2D eigenvalue weighted by Crippen LogP contribution is 2.36. The van der Waals surface area contributed by atoms with Gasteiger partial charge >= 0.3 is 0 Å². The molecule has 0 aliphatic carbocycles. The molecular formula is C22H19N7O2S. The van der Waals surface area contributed by atoms with E-state index in [1.54, 1.807) is 42.7 Å². The average Bonchev–Trinajstić information content (AvgIpc) is 2.85. The summed E-state index contributed by atoms with van der Waals surface area (Å²) < 4.78 is 0. The monoisotopic (exact) mass is 445 g/mol. The Kier molecular flexibility index (Phi) is 7.70. The molecule has 9 nitrogen and oxygen atoms in total. The average molecular weight is 446 g/mol. The summed E-state index contributed by atoms with van der Waals surface area (Å²) in [6.45, 7) is 0.0480. The van der Waals surface area contributed by atoms with E-state index >= 15 is 0 Å². The molecule has 3 rings (SSSR count). The number of anilines is 1. The van der Waals surface area contributed by atoms with Crippen LogP contribution in [0.4, 0.5) is 5.82 Å². The molecule has 3 N–H and O–H groups in total. The maximum Gasteiger partial charge on any atom is 0.269 e. The number of nitriles is 2. The Morgan fingerprint density at radius 2 is 1.97 bits per heavy atom. The van der Waals surface area contributed by atoms with Crippen LogP contribution in [0.1, 0.15) is 27.2 Å². The fourth-order valence-corrected chi connectivity index (χ4v) is 3.85. The second kappa shape index (κ2) is 10.9. The maximum atomic E-state index is 11.9. The quantitative estimate of drug-likeness (QED) is 0.444. The molecule has 0 atom stereocenters. The zero-order valence-corrected chi connectivity index (χ0v) is 18.0. The number of aliphatic hydroxyl groups excluding tert-OH is 1. The highest BCUT2D eigenvalue weighted by atomic mass is 32.2. The summed E-state index contributed by atoms with van der Waals surface area (Å²) in [5, 5.41) is 34.8. The molecule has 0 fully saturated rings. The lowest BCUT2D eigenvalue weighted by molar-refractivity contribution is 0.0958. The lowest BCUT2D eigenvalue weighted by Crippen LogP contribution is -2.19. The number of aromatic nitrogens is 3. The zero-order chi connectivity index (χ0) is 22.9. The van der Waals surface area contributed by atoms with Crippen molar-refractivity contribution in [2.45, 2.75) is 10.8 Å². The van der Waals surface area contributed by atoms with Gasteiger partial charge in [-0.1, -0.05) is 6.07 Å². The number of aliphatic hydroxyl groups is 1. The van der Waals surface area contributed by atoms with Gasteiger partial charge in [0.1, 0.15) is 34.2 Å². The van der Waals surface area contributed by atoms with Crippen LogP contribution in [0.3, 0.4) is 0 Å². The molecule has 0 saturated heterocycles. The minimum Gasteiger partial charge on any atom is -0.395 e. The van der Waals surface area contributed by atoms with Gasteiger partial charge in [0.2, 0.25) is 0 Å². The Balaban J connectivity index is 2.06. The number of carbonyl (C=O) groups is 1. The molecule has 0 aliphatic heterocycles. The first-order chi connectivity index (χ1) is 15.6. The summed E-state index contributed by atoms with van der Waals surface area (Å²) in [5.41, 5.74) is 2.39. The van der Waals surface area contributed by atoms with E-state index in [1.165, 1.54) is 18.8 Å². The van der Waals surface area contributed by atoms with E-state index in [1.807, 2.05) is 0 Å². The third kappa shape index (κ3) is 5.01. The highest BCUT2D eigenvalue weighted by molar-refractivity contribution is 7.98. The lowest BCUT2D eigenvalue weighted by atomic mass is 10.0. The van der Waals surface area contributed by atoms with Crippen LogP contribution in [-0.4, -0.2) is 46.2 Å². The number of hydrogen-bond donors (Lipinski definition) is 3. The van der Waals surface area contributed by atoms with Crippen LogP contribution in [0.15, 0.2) is 47.8 Å². The Labute approximate surface area is 189 Å². The molecule has 32 heavy (non-hydrogen) atoms. The van der Waals surface area contributed by atoms with Crippen molar-refractivity contribution in [3.05, 3.63) is 65.1 Å². The summed E-state index contributed by atoms with van der Waals surface area (Å²) in [6.07, 6.45) is 3.13. The Bertz CT molecular complexity index is 1200. The summed E-state index contributed by atoms with van der Waals surface area (Å²) in [5.74, 6) is 0.393. The molecule has 1 amide bonds. The highest BCUT2D eigenvalue weighted by Gasteiger charge is 2.22. The van der Waals surface area contributed by atoms with Gasteiger partial charge in [-0.15, -0.1) is 11.8 Å². The zero-order valence-electron chi connectivity index (χ0n) is 17.2. The summed E-state index contributed by atoms with van der Waals surface area (Å²) in [4.78, 5) is 24.7. The molecule has 0 aliphatic rings. The number of pyridine rings is 3. The number of nitrogens with zero attached hydrogens (tertiary/aromatic N) is 5. The van der Waals surface area contributed by atoms with Gasteiger partial charge in [-0.25, -0.2) is 4.98 Å². The standard InChI is InChI=1S/C22H19N7O2S/c1-25-21(31)18-10-14(5-7-27-18)13-32-22-16(12-24)19(17-4-2-3-6-26-17)15(11-23)20(29-22)28-8-9-30/h2-7,10,30H,8-9,13H2,1H3,(H,25,31)(H,28,29). The lowest BCUT2D eigenvalue weighted by Gasteiger charge is -2.15. The normalized spacial score (nSPS) is 10.1. The van der Waals surface area contributed by atoms with E-state index in [-0.39, 0.29) is 36.0 Å². The van der Waals surface area contributed by atoms with Crippen LogP contribution in [0.2, 0.25) is 0 Å². The van der Waals surface area contributed by atoms with Gasteiger partial charge in [-0.3, -0.25) is 14.8 Å². The fraction of sp³-hybridized carbons (Fsp3) is 0.182. The topological polar surface area (TPSA) is 148 Å². The predicted octanol–water partition coefficient (Wildman–Crippen LogP) is 2.34. The molecule has 10 heteroatoms. The van der Waals surface area contributed by atoms with Crippen molar-refractivity contribution in [2.75, 3.05) is 25.5 Å². The SMILES string of the molecule is CNC(=O)c1cc(CSc2nc(NCCO)c(C#N)c(-c3ccccn3)c2C#N)ccn1. The van der Waals surface area contributed by atoms with Crippen molar-refractivity contribution in [3.63, 3.8) is 0 Å². The molecule has 0 saturated carbocycles. The number of nitrogens with one attached hydrogen (secondary N) is 2. The first kappa shape index (κ1) is 22.7. The molecule has 0 spiro atoms. The van der Waals surface area contributed by atoms with Gasteiger partial charge in [0.05, 0.1) is 17.9 Å². The van der Waals surface area contributed by atoms with Crippen molar-refractivity contribution in [1.82, 2.24) is 20.3 Å². The summed E-state index contributed by atoms with van der Waals surface area (Å²) in [7, 11) is 1.53. The van der Waals surface area contributed by atoms with Crippen LogP contribution in [0.25, 0.3) is 11.3 Å². The number of hydrogen-bond acceptors (Lipinski definition) is 9. The smallest absolute Gasteiger partial charge is 0.269 e. The second-order valence-electron chi connectivity index (χ2n) is 6.40. The van der Waals surface area contributed by atoms with Gasteiger partial charge < -0.3 is 15.7 Å². The van der Waals surface area contributed by atoms with Crippen molar-refractivity contribution in [3.8, 4) is 23.4 Å². The number of thioether (sulfide) groups is 1. The summed E-state index contributed by atoms with van der Waals surface area (Å²) >= 11 is 1.30. The molecular weight excluding hydrogens is 426 g/mol. The fourth-order valence-electron chi connectivity index (χ4n) is 2.92. The number of carbonyl (C=O) groups excluding carboxylic acids is 1. The largest absolute Gasteiger partial charge is 0.395 e. The molecule has 0 bridgehead atoms. The minimum atomic E-state index is -0.293. The second-order valence-corrected chi connectivity index (χ2v) is 7.36. The van der Waals surface area contributed by atoms with Crippen LogP contribution in [0.5, 0.6) is 0 Å². The molecule has 0 aromatic carbocycles. The van der Waals surface area contributed by atoms with Crippen LogP contribution >= 0.6 is 11.8 Å². The number of rotatable bonds is 8. The molecule has 0 unspecified atom stereocenters. The van der Waals surface area contributed by atoms with Crippen LogP contribution in [0, 0.1) is 22.7 Å². The van der Waals surface area contributed by atoms with Gasteiger partial charge in [0.15, 0.2) is 0 Å². The Hall–Kier alpha value is -3.99. The third-order valence-electron chi connectivity index (χ3n) is 4.37. The predicted molar refractivity (Wildman–Crippen MR) is 120 cm³/mol. The van der Waals surface area contributed by atoms with E-state index < -0.39 is 0 Å². The molecule has 160 valence electrons. The molecule has 3 aromatic rings. The Morgan fingerprint density at radius 3 is 2.62 bits per heavy atom.